The number of esters is 1. The van der Waals surface area contributed by atoms with Crippen LogP contribution in [0.15, 0.2) is 0 Å². The predicted octanol–water partition coefficient (Wildman–Crippen LogP) is 6.17. The van der Waals surface area contributed by atoms with E-state index in [2.05, 4.69) is 11.7 Å². The van der Waals surface area contributed by atoms with Crippen LogP contribution in [0.3, 0.4) is 0 Å². The molecule has 0 saturated carbocycles. The summed E-state index contributed by atoms with van der Waals surface area (Å²) in [5.41, 5.74) is -1.31. The lowest BCUT2D eigenvalue weighted by molar-refractivity contribution is -0.161. The predicted molar refractivity (Wildman–Crippen MR) is 102 cm³/mol. The zero-order valence-corrected chi connectivity index (χ0v) is 16.6. The van der Waals surface area contributed by atoms with Crippen molar-refractivity contribution >= 4 is 5.97 Å². The molecule has 0 saturated heterocycles. The van der Waals surface area contributed by atoms with Crippen molar-refractivity contribution < 1.29 is 14.6 Å². The molecular weight excluding hydrogens is 300 g/mol. The lowest BCUT2D eigenvalue weighted by Gasteiger charge is -2.19. The molecule has 1 N–H and O–H groups in total. The quantitative estimate of drug-likeness (QED) is 0.254. The summed E-state index contributed by atoms with van der Waals surface area (Å²) in [7, 11) is 1.32. The molecule has 0 bridgehead atoms. The van der Waals surface area contributed by atoms with Gasteiger partial charge in [0.05, 0.1) is 7.11 Å². The van der Waals surface area contributed by atoms with Crippen molar-refractivity contribution in [1.29, 1.82) is 0 Å². The molecule has 0 fully saturated rings. The zero-order valence-electron chi connectivity index (χ0n) is 16.6. The first-order chi connectivity index (χ1) is 11.5. The highest BCUT2D eigenvalue weighted by Crippen LogP contribution is 2.18. The molecule has 0 aromatic heterocycles. The maximum absolute atomic E-state index is 11.3. The van der Waals surface area contributed by atoms with E-state index in [0.29, 0.717) is 6.42 Å². The van der Waals surface area contributed by atoms with Crippen LogP contribution in [0.4, 0.5) is 0 Å². The number of aliphatic hydroxyl groups is 1. The fourth-order valence-corrected chi connectivity index (χ4v) is 3.16. The molecule has 0 rings (SSSR count). The Bertz CT molecular complexity index is 287. The highest BCUT2D eigenvalue weighted by molar-refractivity contribution is 5.78. The standard InChI is InChI=1S/C21H42O3/c1-4-5-6-7-8-9-10-11-12-13-14-15-16-17-18-19-21(2,23)20(22)24-3/h23H,4-19H2,1-3H3. The molecule has 0 aliphatic rings. The number of rotatable bonds is 17. The first kappa shape index (κ1) is 23.4. The third kappa shape index (κ3) is 13.8. The molecule has 3 heteroatoms. The Hall–Kier alpha value is -0.570. The van der Waals surface area contributed by atoms with Gasteiger partial charge >= 0.3 is 5.97 Å². The molecular formula is C21H42O3. The average molecular weight is 343 g/mol. The van der Waals surface area contributed by atoms with E-state index in [4.69, 9.17) is 0 Å². The van der Waals surface area contributed by atoms with Gasteiger partial charge in [0.25, 0.3) is 0 Å². The Morgan fingerprint density at radius 2 is 1.08 bits per heavy atom. The third-order valence-electron chi connectivity index (χ3n) is 4.89. The first-order valence-electron chi connectivity index (χ1n) is 10.4. The molecule has 1 unspecified atom stereocenters. The molecule has 0 aliphatic carbocycles. The lowest BCUT2D eigenvalue weighted by atomic mass is 9.97. The molecule has 3 nitrogen and oxygen atoms in total. The Kier molecular flexibility index (Phi) is 15.6. The molecule has 0 aromatic carbocycles. The van der Waals surface area contributed by atoms with Gasteiger partial charge in [-0.05, 0) is 19.8 Å². The van der Waals surface area contributed by atoms with Crippen molar-refractivity contribution in [1.82, 2.24) is 0 Å². The zero-order chi connectivity index (χ0) is 18.1. The van der Waals surface area contributed by atoms with Crippen LogP contribution < -0.4 is 0 Å². The number of carbonyl (C=O) groups excluding carboxylic acids is 1. The van der Waals surface area contributed by atoms with E-state index >= 15 is 0 Å². The second kappa shape index (κ2) is 15.9. The highest BCUT2D eigenvalue weighted by atomic mass is 16.5. The average Bonchev–Trinajstić information content (AvgIpc) is 2.57. The van der Waals surface area contributed by atoms with Crippen molar-refractivity contribution in [2.45, 2.75) is 122 Å². The summed E-state index contributed by atoms with van der Waals surface area (Å²) >= 11 is 0. The van der Waals surface area contributed by atoms with Crippen molar-refractivity contribution in [3.8, 4) is 0 Å². The molecule has 24 heavy (non-hydrogen) atoms. The number of ether oxygens (including phenoxy) is 1. The minimum absolute atomic E-state index is 0.498. The van der Waals surface area contributed by atoms with Crippen molar-refractivity contribution in [2.75, 3.05) is 7.11 Å². The van der Waals surface area contributed by atoms with Crippen LogP contribution in [0.1, 0.15) is 117 Å². The van der Waals surface area contributed by atoms with E-state index in [1.807, 2.05) is 0 Å². The Balaban J connectivity index is 3.22. The molecule has 144 valence electrons. The van der Waals surface area contributed by atoms with Gasteiger partial charge in [-0.25, -0.2) is 4.79 Å². The summed E-state index contributed by atoms with van der Waals surface area (Å²) in [5.74, 6) is -0.520. The van der Waals surface area contributed by atoms with E-state index < -0.39 is 11.6 Å². The van der Waals surface area contributed by atoms with E-state index in [9.17, 15) is 9.90 Å². The molecule has 0 radical (unpaired) electrons. The smallest absolute Gasteiger partial charge is 0.337 e. The Labute approximate surface area is 150 Å². The third-order valence-corrected chi connectivity index (χ3v) is 4.89. The second-order valence-electron chi connectivity index (χ2n) is 7.47. The van der Waals surface area contributed by atoms with Gasteiger partial charge in [-0.15, -0.1) is 0 Å². The first-order valence-corrected chi connectivity index (χ1v) is 10.4. The van der Waals surface area contributed by atoms with E-state index in [1.54, 1.807) is 6.92 Å². The molecule has 1 atom stereocenters. The van der Waals surface area contributed by atoms with Gasteiger partial charge in [-0.2, -0.15) is 0 Å². The lowest BCUT2D eigenvalue weighted by Crippen LogP contribution is -2.35. The van der Waals surface area contributed by atoms with Crippen LogP contribution in [-0.2, 0) is 9.53 Å². The van der Waals surface area contributed by atoms with E-state index in [1.165, 1.54) is 90.6 Å². The van der Waals surface area contributed by atoms with Gasteiger partial charge < -0.3 is 9.84 Å². The van der Waals surface area contributed by atoms with Crippen molar-refractivity contribution in [3.63, 3.8) is 0 Å². The summed E-state index contributed by atoms with van der Waals surface area (Å²) in [6.07, 6.45) is 20.3. The largest absolute Gasteiger partial charge is 0.467 e. The number of hydrogen-bond acceptors (Lipinski definition) is 3. The number of carbonyl (C=O) groups is 1. The maximum Gasteiger partial charge on any atom is 0.337 e. The maximum atomic E-state index is 11.3. The summed E-state index contributed by atoms with van der Waals surface area (Å²) in [4.78, 5) is 11.3. The SMILES string of the molecule is CCCCCCCCCCCCCCCCCC(C)(O)C(=O)OC. The van der Waals surface area contributed by atoms with E-state index in [-0.39, 0.29) is 0 Å². The van der Waals surface area contributed by atoms with Gasteiger partial charge in [0, 0.05) is 0 Å². The summed E-state index contributed by atoms with van der Waals surface area (Å²) in [6.45, 7) is 3.81. The molecule has 0 aromatic rings. The summed E-state index contributed by atoms with van der Waals surface area (Å²) in [5, 5.41) is 9.91. The van der Waals surface area contributed by atoms with Crippen LogP contribution in [0.5, 0.6) is 0 Å². The minimum atomic E-state index is -1.31. The van der Waals surface area contributed by atoms with Crippen LogP contribution >= 0.6 is 0 Å². The van der Waals surface area contributed by atoms with Gasteiger partial charge in [-0.3, -0.25) is 0 Å². The summed E-state index contributed by atoms with van der Waals surface area (Å²) in [6, 6.07) is 0. The van der Waals surface area contributed by atoms with Gasteiger partial charge in [0.15, 0.2) is 5.60 Å². The van der Waals surface area contributed by atoms with Gasteiger partial charge in [0.1, 0.15) is 0 Å². The van der Waals surface area contributed by atoms with Crippen LogP contribution in [0.2, 0.25) is 0 Å². The number of hydrogen-bond donors (Lipinski definition) is 1. The van der Waals surface area contributed by atoms with Gasteiger partial charge in [0.2, 0.25) is 0 Å². The van der Waals surface area contributed by atoms with Crippen LogP contribution in [-0.4, -0.2) is 23.8 Å². The fourth-order valence-electron chi connectivity index (χ4n) is 3.16. The molecule has 0 heterocycles. The number of unbranched alkanes of at least 4 members (excludes halogenated alkanes) is 14. The van der Waals surface area contributed by atoms with E-state index in [0.717, 1.165) is 12.8 Å². The molecule has 0 amide bonds. The summed E-state index contributed by atoms with van der Waals surface area (Å²) < 4.78 is 4.60. The van der Waals surface area contributed by atoms with Crippen molar-refractivity contribution in [3.05, 3.63) is 0 Å². The monoisotopic (exact) mass is 342 g/mol. The molecule has 0 aliphatic heterocycles. The Morgan fingerprint density at radius 3 is 1.42 bits per heavy atom. The highest BCUT2D eigenvalue weighted by Gasteiger charge is 2.30. The second-order valence-corrected chi connectivity index (χ2v) is 7.47. The minimum Gasteiger partial charge on any atom is -0.467 e. The topological polar surface area (TPSA) is 46.5 Å². The van der Waals surface area contributed by atoms with Crippen molar-refractivity contribution in [2.24, 2.45) is 0 Å². The van der Waals surface area contributed by atoms with Gasteiger partial charge in [-0.1, -0.05) is 96.8 Å². The molecule has 0 spiro atoms. The fraction of sp³-hybridized carbons (Fsp3) is 0.952. The van der Waals surface area contributed by atoms with Crippen LogP contribution in [0.25, 0.3) is 0 Å². The Morgan fingerprint density at radius 1 is 0.750 bits per heavy atom. The van der Waals surface area contributed by atoms with Crippen LogP contribution in [0, 0.1) is 0 Å². The number of methoxy groups -OCH3 is 1. The normalized spacial score (nSPS) is 13.7.